The molecule has 0 aliphatic heterocycles. The highest BCUT2D eigenvalue weighted by Crippen LogP contribution is 2.21. The second kappa shape index (κ2) is 5.24. The molecular weight excluding hydrogens is 365 g/mol. The summed E-state index contributed by atoms with van der Waals surface area (Å²) in [4.78, 5) is 12.2. The van der Waals surface area contributed by atoms with Crippen molar-refractivity contribution in [3.05, 3.63) is 57.8 Å². The number of aromatic nitrogens is 2. The number of para-hydroxylation sites is 1. The normalized spacial score (nSPS) is 10.7. The van der Waals surface area contributed by atoms with Crippen LogP contribution in [0.3, 0.4) is 0 Å². The minimum Gasteiger partial charge on any atom is -0.322 e. The van der Waals surface area contributed by atoms with Gasteiger partial charge in [0, 0.05) is 23.7 Å². The maximum Gasteiger partial charge on any atom is 0.255 e. The predicted octanol–water partition coefficient (Wildman–Crippen LogP) is 3.43. The molecule has 3 aromatic rings. The number of aryl methyl sites for hydroxylation is 1. The van der Waals surface area contributed by atoms with Crippen LogP contribution in [0.15, 0.2) is 48.5 Å². The van der Waals surface area contributed by atoms with E-state index < -0.39 is 0 Å². The van der Waals surface area contributed by atoms with Crippen LogP contribution in [-0.2, 0) is 7.05 Å². The van der Waals surface area contributed by atoms with Crippen molar-refractivity contribution in [3.8, 4) is 0 Å². The minimum atomic E-state index is -0.113. The highest BCUT2D eigenvalue weighted by molar-refractivity contribution is 14.1. The van der Waals surface area contributed by atoms with Crippen LogP contribution < -0.4 is 5.32 Å². The van der Waals surface area contributed by atoms with Gasteiger partial charge < -0.3 is 5.32 Å². The van der Waals surface area contributed by atoms with Gasteiger partial charge in [0.15, 0.2) is 0 Å². The molecule has 0 saturated heterocycles. The summed E-state index contributed by atoms with van der Waals surface area (Å²) in [6.07, 6.45) is 0. The van der Waals surface area contributed by atoms with Gasteiger partial charge in [-0.2, -0.15) is 5.10 Å². The van der Waals surface area contributed by atoms with Crippen molar-refractivity contribution < 1.29 is 4.79 Å². The summed E-state index contributed by atoms with van der Waals surface area (Å²) in [6.45, 7) is 0. The maximum atomic E-state index is 12.2. The predicted molar refractivity (Wildman–Crippen MR) is 87.8 cm³/mol. The van der Waals surface area contributed by atoms with E-state index in [9.17, 15) is 4.79 Å². The summed E-state index contributed by atoms with van der Waals surface area (Å²) in [7, 11) is 1.90. The molecule has 3 rings (SSSR count). The summed E-state index contributed by atoms with van der Waals surface area (Å²) in [5.41, 5.74) is 2.44. The average molecular weight is 377 g/mol. The molecule has 1 heterocycles. The van der Waals surface area contributed by atoms with Crippen molar-refractivity contribution in [1.29, 1.82) is 0 Å². The average Bonchev–Trinajstić information content (AvgIpc) is 2.75. The highest BCUT2D eigenvalue weighted by atomic mass is 127. The van der Waals surface area contributed by atoms with Crippen LogP contribution >= 0.6 is 22.6 Å². The molecule has 5 heteroatoms. The van der Waals surface area contributed by atoms with E-state index in [1.165, 1.54) is 0 Å². The zero-order valence-electron chi connectivity index (χ0n) is 10.8. The van der Waals surface area contributed by atoms with E-state index in [0.29, 0.717) is 5.56 Å². The molecule has 0 saturated carbocycles. The molecule has 1 amide bonds. The second-order valence-corrected chi connectivity index (χ2v) is 5.49. The third-order valence-corrected chi connectivity index (χ3v) is 3.90. The van der Waals surface area contributed by atoms with Crippen LogP contribution in [0, 0.1) is 3.70 Å². The Morgan fingerprint density at radius 3 is 2.70 bits per heavy atom. The molecule has 0 bridgehead atoms. The number of fused-ring (bicyclic) bond motifs is 1. The van der Waals surface area contributed by atoms with Gasteiger partial charge >= 0.3 is 0 Å². The molecule has 4 nitrogen and oxygen atoms in total. The fourth-order valence-corrected chi connectivity index (χ4v) is 2.84. The smallest absolute Gasteiger partial charge is 0.255 e. The number of anilines is 1. The summed E-state index contributed by atoms with van der Waals surface area (Å²) >= 11 is 2.18. The van der Waals surface area contributed by atoms with Gasteiger partial charge in [-0.3, -0.25) is 9.48 Å². The van der Waals surface area contributed by atoms with Gasteiger partial charge in [0.1, 0.15) is 3.70 Å². The fraction of sp³-hybridized carbons (Fsp3) is 0.0667. The first-order valence-electron chi connectivity index (χ1n) is 6.14. The van der Waals surface area contributed by atoms with E-state index >= 15 is 0 Å². The van der Waals surface area contributed by atoms with E-state index in [1.54, 1.807) is 0 Å². The third-order valence-electron chi connectivity index (χ3n) is 3.10. The zero-order valence-corrected chi connectivity index (χ0v) is 13.0. The Morgan fingerprint density at radius 2 is 1.95 bits per heavy atom. The molecule has 1 N–H and O–H groups in total. The molecule has 2 aromatic carbocycles. The van der Waals surface area contributed by atoms with E-state index in [4.69, 9.17) is 0 Å². The first-order valence-corrected chi connectivity index (χ1v) is 7.22. The Kier molecular flexibility index (Phi) is 3.43. The molecule has 1 aromatic heterocycles. The molecule has 0 spiro atoms. The van der Waals surface area contributed by atoms with Crippen LogP contribution in [0.25, 0.3) is 10.9 Å². The fourth-order valence-electron chi connectivity index (χ4n) is 2.09. The largest absolute Gasteiger partial charge is 0.322 e. The Hall–Kier alpha value is -1.89. The van der Waals surface area contributed by atoms with Crippen molar-refractivity contribution in [2.75, 3.05) is 5.32 Å². The zero-order chi connectivity index (χ0) is 14.1. The van der Waals surface area contributed by atoms with Gasteiger partial charge in [-0.15, -0.1) is 0 Å². The molecule has 0 atom stereocenters. The SMILES string of the molecule is Cn1nc(I)c2cc(C(=O)Nc3ccccc3)ccc21. The standard InChI is InChI=1S/C15H12IN3O/c1-19-13-8-7-10(9-12(13)14(16)18-19)15(20)17-11-5-3-2-4-6-11/h2-9H,1H3,(H,17,20). The lowest BCUT2D eigenvalue weighted by molar-refractivity contribution is 0.102. The van der Waals surface area contributed by atoms with Crippen molar-refractivity contribution in [2.24, 2.45) is 7.05 Å². The molecule has 0 fully saturated rings. The molecule has 0 unspecified atom stereocenters. The van der Waals surface area contributed by atoms with E-state index in [0.717, 1.165) is 20.3 Å². The number of halogens is 1. The van der Waals surface area contributed by atoms with Gasteiger partial charge in [0.2, 0.25) is 0 Å². The molecule has 0 aliphatic rings. The second-order valence-electron chi connectivity index (χ2n) is 4.47. The highest BCUT2D eigenvalue weighted by Gasteiger charge is 2.11. The molecular formula is C15H12IN3O. The van der Waals surface area contributed by atoms with Crippen LogP contribution in [-0.4, -0.2) is 15.7 Å². The van der Waals surface area contributed by atoms with E-state index in [-0.39, 0.29) is 5.91 Å². The van der Waals surface area contributed by atoms with Gasteiger partial charge in [-0.25, -0.2) is 0 Å². The van der Waals surface area contributed by atoms with E-state index in [2.05, 4.69) is 33.0 Å². The number of nitrogens with one attached hydrogen (secondary N) is 1. The summed E-state index contributed by atoms with van der Waals surface area (Å²) in [6, 6.07) is 15.0. The Bertz CT molecular complexity index is 780. The summed E-state index contributed by atoms with van der Waals surface area (Å²) < 4.78 is 2.71. The van der Waals surface area contributed by atoms with Crippen LogP contribution in [0.2, 0.25) is 0 Å². The Balaban J connectivity index is 1.94. The summed E-state index contributed by atoms with van der Waals surface area (Å²) in [5, 5.41) is 8.22. The Labute approximate surface area is 129 Å². The lowest BCUT2D eigenvalue weighted by Crippen LogP contribution is -2.11. The van der Waals surface area contributed by atoms with Crippen LogP contribution in [0.1, 0.15) is 10.4 Å². The van der Waals surface area contributed by atoms with Crippen LogP contribution in [0.4, 0.5) is 5.69 Å². The number of nitrogens with zero attached hydrogens (tertiary/aromatic N) is 2. The van der Waals surface area contributed by atoms with E-state index in [1.807, 2.05) is 60.3 Å². The number of carbonyl (C=O) groups is 1. The molecule has 0 aliphatic carbocycles. The Morgan fingerprint density at radius 1 is 1.20 bits per heavy atom. The van der Waals surface area contributed by atoms with Gasteiger partial charge in [-0.1, -0.05) is 18.2 Å². The maximum absolute atomic E-state index is 12.2. The van der Waals surface area contributed by atoms with Gasteiger partial charge in [0.05, 0.1) is 5.52 Å². The van der Waals surface area contributed by atoms with Gasteiger partial charge in [-0.05, 0) is 52.9 Å². The van der Waals surface area contributed by atoms with Crippen molar-refractivity contribution in [2.45, 2.75) is 0 Å². The monoisotopic (exact) mass is 377 g/mol. The number of hydrogen-bond donors (Lipinski definition) is 1. The summed E-state index contributed by atoms with van der Waals surface area (Å²) in [5.74, 6) is -0.113. The minimum absolute atomic E-state index is 0.113. The van der Waals surface area contributed by atoms with Crippen molar-refractivity contribution in [1.82, 2.24) is 9.78 Å². The lowest BCUT2D eigenvalue weighted by atomic mass is 10.1. The van der Waals surface area contributed by atoms with Crippen molar-refractivity contribution in [3.63, 3.8) is 0 Å². The first-order chi connectivity index (χ1) is 9.65. The molecule has 100 valence electrons. The number of benzene rings is 2. The number of carbonyl (C=O) groups excluding carboxylic acids is 1. The van der Waals surface area contributed by atoms with Gasteiger partial charge in [0.25, 0.3) is 5.91 Å². The van der Waals surface area contributed by atoms with Crippen molar-refractivity contribution >= 4 is 45.1 Å². The van der Waals surface area contributed by atoms with Crippen LogP contribution in [0.5, 0.6) is 0 Å². The number of rotatable bonds is 2. The lowest BCUT2D eigenvalue weighted by Gasteiger charge is -2.05. The number of amides is 1. The topological polar surface area (TPSA) is 46.9 Å². The molecule has 0 radical (unpaired) electrons. The molecule has 20 heavy (non-hydrogen) atoms. The third kappa shape index (κ3) is 2.40. The quantitative estimate of drug-likeness (QED) is 0.696. The number of hydrogen-bond acceptors (Lipinski definition) is 2. The first kappa shape index (κ1) is 13.1.